The lowest BCUT2D eigenvalue weighted by Gasteiger charge is -2.12. The molecule has 0 saturated heterocycles. The molecule has 0 N–H and O–H groups in total. The molecule has 0 aliphatic heterocycles. The lowest BCUT2D eigenvalue weighted by Crippen LogP contribution is -1.96. The molecule has 3 heterocycles. The second-order valence-corrected chi connectivity index (χ2v) is 12.8. The number of hydrogen-bond donors (Lipinski definition) is 0. The van der Waals surface area contributed by atoms with Crippen molar-refractivity contribution < 1.29 is 0 Å². The summed E-state index contributed by atoms with van der Waals surface area (Å²) in [5.74, 6) is 0.691. The molecule has 0 radical (unpaired) electrons. The Morgan fingerprint density at radius 3 is 1.96 bits per heavy atom. The number of pyridine rings is 1. The number of rotatable bonds is 5. The fourth-order valence-corrected chi connectivity index (χ4v) is 7.51. The fraction of sp³-hybridized carbons (Fsp3) is 0. The largest absolute Gasteiger partial charge is 0.264 e. The Morgan fingerprint density at radius 1 is 0.404 bits per heavy atom. The van der Waals surface area contributed by atoms with Crippen LogP contribution in [0.25, 0.3) is 87.1 Å². The molecule has 9 rings (SSSR count). The summed E-state index contributed by atoms with van der Waals surface area (Å²) in [5.41, 5.74) is 9.40. The molecule has 4 heteroatoms. The van der Waals surface area contributed by atoms with Crippen molar-refractivity contribution >= 4 is 42.3 Å². The molecule has 220 valence electrons. The highest BCUT2D eigenvalue weighted by molar-refractivity contribution is 7.25. The number of aromatic nitrogens is 3. The van der Waals surface area contributed by atoms with Gasteiger partial charge in [-0.2, -0.15) is 0 Å². The average Bonchev–Trinajstić information content (AvgIpc) is 3.53. The SMILES string of the molecule is c1cncc(-c2cccc(-c3nc(-c4ccc(-c5cccc6ccccc56)cc4)cc(-c4ccc5sc6ccccc6c5c4)n3)c2)c1. The van der Waals surface area contributed by atoms with E-state index in [2.05, 4.69) is 151 Å². The first-order valence-electron chi connectivity index (χ1n) is 15.7. The van der Waals surface area contributed by atoms with E-state index in [-0.39, 0.29) is 0 Å². The van der Waals surface area contributed by atoms with Gasteiger partial charge < -0.3 is 0 Å². The first kappa shape index (κ1) is 27.3. The summed E-state index contributed by atoms with van der Waals surface area (Å²) in [7, 11) is 0. The van der Waals surface area contributed by atoms with Crippen molar-refractivity contribution in [2.24, 2.45) is 0 Å². The van der Waals surface area contributed by atoms with Crippen LogP contribution in [0.5, 0.6) is 0 Å². The first-order chi connectivity index (χ1) is 23.3. The molecule has 9 aromatic rings. The van der Waals surface area contributed by atoms with E-state index >= 15 is 0 Å². The van der Waals surface area contributed by atoms with Gasteiger partial charge in [-0.25, -0.2) is 9.97 Å². The van der Waals surface area contributed by atoms with Crippen LogP contribution in [0.1, 0.15) is 0 Å². The summed E-state index contributed by atoms with van der Waals surface area (Å²) in [6.07, 6.45) is 3.69. The zero-order valence-electron chi connectivity index (χ0n) is 25.3. The van der Waals surface area contributed by atoms with E-state index in [9.17, 15) is 0 Å². The van der Waals surface area contributed by atoms with Gasteiger partial charge in [0.15, 0.2) is 5.82 Å². The van der Waals surface area contributed by atoms with E-state index in [0.717, 1.165) is 39.2 Å². The van der Waals surface area contributed by atoms with Crippen molar-refractivity contribution in [3.05, 3.63) is 164 Å². The van der Waals surface area contributed by atoms with E-state index < -0.39 is 0 Å². The molecular formula is C43H27N3S. The maximum absolute atomic E-state index is 5.18. The summed E-state index contributed by atoms with van der Waals surface area (Å²) in [6.45, 7) is 0. The third kappa shape index (κ3) is 5.05. The number of nitrogens with zero attached hydrogens (tertiary/aromatic N) is 3. The van der Waals surface area contributed by atoms with Gasteiger partial charge >= 0.3 is 0 Å². The maximum Gasteiger partial charge on any atom is 0.160 e. The van der Waals surface area contributed by atoms with Gasteiger partial charge in [0.25, 0.3) is 0 Å². The first-order valence-corrected chi connectivity index (χ1v) is 16.5. The summed E-state index contributed by atoms with van der Waals surface area (Å²) in [6, 6.07) is 53.6. The monoisotopic (exact) mass is 617 g/mol. The molecule has 0 fully saturated rings. The smallest absolute Gasteiger partial charge is 0.160 e. The molecule has 0 aliphatic carbocycles. The molecule has 0 atom stereocenters. The Labute approximate surface area is 276 Å². The molecule has 47 heavy (non-hydrogen) atoms. The topological polar surface area (TPSA) is 38.7 Å². The molecule has 0 unspecified atom stereocenters. The van der Waals surface area contributed by atoms with Crippen LogP contribution in [0.3, 0.4) is 0 Å². The van der Waals surface area contributed by atoms with Gasteiger partial charge in [-0.15, -0.1) is 11.3 Å². The Kier molecular flexibility index (Phi) is 6.65. The van der Waals surface area contributed by atoms with Crippen molar-refractivity contribution in [3.8, 4) is 56.2 Å². The summed E-state index contributed by atoms with van der Waals surface area (Å²) in [5, 5.41) is 5.02. The van der Waals surface area contributed by atoms with Gasteiger partial charge in [0, 0.05) is 54.8 Å². The third-order valence-corrected chi connectivity index (χ3v) is 9.95. The van der Waals surface area contributed by atoms with Crippen LogP contribution in [0.4, 0.5) is 0 Å². The molecule has 0 amide bonds. The predicted molar refractivity (Wildman–Crippen MR) is 197 cm³/mol. The van der Waals surface area contributed by atoms with Gasteiger partial charge in [0.2, 0.25) is 0 Å². The van der Waals surface area contributed by atoms with Crippen molar-refractivity contribution in [1.82, 2.24) is 15.0 Å². The summed E-state index contributed by atoms with van der Waals surface area (Å²) in [4.78, 5) is 14.7. The van der Waals surface area contributed by atoms with Gasteiger partial charge in [-0.3, -0.25) is 4.98 Å². The van der Waals surface area contributed by atoms with Crippen LogP contribution < -0.4 is 0 Å². The van der Waals surface area contributed by atoms with Crippen LogP contribution in [-0.4, -0.2) is 15.0 Å². The Hall–Kier alpha value is -5.97. The van der Waals surface area contributed by atoms with Crippen molar-refractivity contribution in [2.45, 2.75) is 0 Å². The average molecular weight is 618 g/mol. The quantitative estimate of drug-likeness (QED) is 0.193. The molecule has 0 saturated carbocycles. The minimum absolute atomic E-state index is 0.691. The highest BCUT2D eigenvalue weighted by Crippen LogP contribution is 2.37. The highest BCUT2D eigenvalue weighted by atomic mass is 32.1. The number of benzene rings is 6. The van der Waals surface area contributed by atoms with Gasteiger partial charge in [0.1, 0.15) is 0 Å². The second-order valence-electron chi connectivity index (χ2n) is 11.7. The number of fused-ring (bicyclic) bond motifs is 4. The third-order valence-electron chi connectivity index (χ3n) is 8.80. The van der Waals surface area contributed by atoms with Crippen molar-refractivity contribution in [1.29, 1.82) is 0 Å². The fourth-order valence-electron chi connectivity index (χ4n) is 6.43. The molecule has 6 aromatic carbocycles. The molecule has 0 bridgehead atoms. The van der Waals surface area contributed by atoms with E-state index in [0.29, 0.717) is 5.82 Å². The predicted octanol–water partition coefficient (Wildman–Crippen LogP) is 11.7. The lowest BCUT2D eigenvalue weighted by molar-refractivity contribution is 1.18. The highest BCUT2D eigenvalue weighted by Gasteiger charge is 2.14. The lowest BCUT2D eigenvalue weighted by atomic mass is 9.97. The van der Waals surface area contributed by atoms with Crippen LogP contribution in [0.2, 0.25) is 0 Å². The van der Waals surface area contributed by atoms with E-state index in [1.54, 1.807) is 6.20 Å². The van der Waals surface area contributed by atoms with Gasteiger partial charge in [0.05, 0.1) is 11.4 Å². The van der Waals surface area contributed by atoms with Gasteiger partial charge in [-0.1, -0.05) is 115 Å². The zero-order chi connectivity index (χ0) is 31.2. The number of thiophene rings is 1. The summed E-state index contributed by atoms with van der Waals surface area (Å²) >= 11 is 1.83. The Bertz CT molecular complexity index is 2560. The molecule has 3 nitrogen and oxygen atoms in total. The molecule has 3 aromatic heterocycles. The van der Waals surface area contributed by atoms with E-state index in [4.69, 9.17) is 9.97 Å². The van der Waals surface area contributed by atoms with E-state index in [1.165, 1.54) is 42.1 Å². The van der Waals surface area contributed by atoms with Crippen LogP contribution in [0, 0.1) is 0 Å². The van der Waals surface area contributed by atoms with Crippen molar-refractivity contribution in [2.75, 3.05) is 0 Å². The zero-order valence-corrected chi connectivity index (χ0v) is 26.2. The standard InChI is InChI=1S/C43H27N3S/c1-2-13-35-28(8-1)9-6-15-36(35)29-17-19-30(20-18-29)39-26-40(32-21-22-42-38(25-32)37-14-3-4-16-41(37)47-42)46-43(45-39)33-11-5-10-31(24-33)34-12-7-23-44-27-34/h1-27H. The molecule has 0 spiro atoms. The normalized spacial score (nSPS) is 11.4. The second kappa shape index (κ2) is 11.4. The minimum Gasteiger partial charge on any atom is -0.264 e. The van der Waals surface area contributed by atoms with Crippen molar-refractivity contribution in [3.63, 3.8) is 0 Å². The van der Waals surface area contributed by atoms with E-state index in [1.807, 2.05) is 23.6 Å². The Balaban J connectivity index is 1.19. The minimum atomic E-state index is 0.691. The van der Waals surface area contributed by atoms with Gasteiger partial charge in [-0.05, 0) is 63.9 Å². The van der Waals surface area contributed by atoms with Crippen LogP contribution in [-0.2, 0) is 0 Å². The molecular weight excluding hydrogens is 591 g/mol. The number of hydrogen-bond acceptors (Lipinski definition) is 4. The van der Waals surface area contributed by atoms with Crippen LogP contribution >= 0.6 is 11.3 Å². The van der Waals surface area contributed by atoms with Crippen LogP contribution in [0.15, 0.2) is 164 Å². The molecule has 0 aliphatic rings. The summed E-state index contributed by atoms with van der Waals surface area (Å²) < 4.78 is 2.57. The maximum atomic E-state index is 5.18. The Morgan fingerprint density at radius 2 is 1.09 bits per heavy atom.